The van der Waals surface area contributed by atoms with Crippen LogP contribution in [0, 0.1) is 0 Å². The van der Waals surface area contributed by atoms with Crippen LogP contribution in [0.5, 0.6) is 0 Å². The number of hydrogen-bond acceptors (Lipinski definition) is 6. The number of nitrogens with one attached hydrogen (secondary N) is 2. The van der Waals surface area contributed by atoms with Crippen LogP contribution < -0.4 is 10.6 Å². The number of methoxy groups -OCH3 is 1. The number of anilines is 3. The second kappa shape index (κ2) is 7.04. The summed E-state index contributed by atoms with van der Waals surface area (Å²) in [7, 11) is 1.35. The number of hydrogen-bond donors (Lipinski definition) is 2. The lowest BCUT2D eigenvalue weighted by atomic mass is 10.2. The molecular formula is C15H16N4O2. The van der Waals surface area contributed by atoms with Crippen LogP contribution in [-0.4, -0.2) is 29.6 Å². The van der Waals surface area contributed by atoms with Gasteiger partial charge < -0.3 is 15.4 Å². The molecule has 0 bridgehead atoms. The van der Waals surface area contributed by atoms with Gasteiger partial charge in [-0.3, -0.25) is 0 Å². The molecule has 0 aliphatic carbocycles. The number of aromatic nitrogens is 2. The van der Waals surface area contributed by atoms with E-state index in [1.165, 1.54) is 7.11 Å². The SMILES string of the molecule is C=CCNc1nccc(Nc2ccc(C(=O)OC)cc2)n1. The Balaban J connectivity index is 2.07. The Labute approximate surface area is 122 Å². The third-order valence-electron chi connectivity index (χ3n) is 2.64. The van der Waals surface area contributed by atoms with Crippen LogP contribution in [0.15, 0.2) is 49.2 Å². The number of rotatable bonds is 6. The van der Waals surface area contributed by atoms with E-state index in [2.05, 4.69) is 31.9 Å². The van der Waals surface area contributed by atoms with E-state index in [-0.39, 0.29) is 5.97 Å². The fourth-order valence-electron chi connectivity index (χ4n) is 1.63. The van der Waals surface area contributed by atoms with E-state index < -0.39 is 0 Å². The average Bonchev–Trinajstić information content (AvgIpc) is 2.53. The third-order valence-corrected chi connectivity index (χ3v) is 2.64. The Kier molecular flexibility index (Phi) is 4.87. The van der Waals surface area contributed by atoms with E-state index in [0.29, 0.717) is 23.9 Å². The van der Waals surface area contributed by atoms with Gasteiger partial charge in [-0.1, -0.05) is 6.08 Å². The third kappa shape index (κ3) is 4.04. The van der Waals surface area contributed by atoms with Crippen LogP contribution in [0.4, 0.5) is 17.5 Å². The second-order valence-electron chi connectivity index (χ2n) is 4.13. The molecule has 0 saturated carbocycles. The van der Waals surface area contributed by atoms with Crippen molar-refractivity contribution >= 4 is 23.4 Å². The van der Waals surface area contributed by atoms with Crippen molar-refractivity contribution in [3.8, 4) is 0 Å². The van der Waals surface area contributed by atoms with E-state index in [1.54, 1.807) is 42.6 Å². The smallest absolute Gasteiger partial charge is 0.337 e. The summed E-state index contributed by atoms with van der Waals surface area (Å²) in [6.45, 7) is 4.22. The maximum Gasteiger partial charge on any atom is 0.337 e. The molecule has 0 amide bonds. The Morgan fingerprint density at radius 3 is 2.76 bits per heavy atom. The Bertz CT molecular complexity index is 626. The molecule has 6 heteroatoms. The van der Waals surface area contributed by atoms with Crippen LogP contribution in [0.25, 0.3) is 0 Å². The van der Waals surface area contributed by atoms with Crippen molar-refractivity contribution in [2.45, 2.75) is 0 Å². The van der Waals surface area contributed by atoms with Gasteiger partial charge in [0.2, 0.25) is 5.95 Å². The molecule has 0 spiro atoms. The van der Waals surface area contributed by atoms with Gasteiger partial charge >= 0.3 is 5.97 Å². The highest BCUT2D eigenvalue weighted by atomic mass is 16.5. The number of esters is 1. The fraction of sp³-hybridized carbons (Fsp3) is 0.133. The normalized spacial score (nSPS) is 9.76. The molecule has 108 valence electrons. The molecule has 0 saturated heterocycles. The van der Waals surface area contributed by atoms with Gasteiger partial charge in [-0.2, -0.15) is 4.98 Å². The van der Waals surface area contributed by atoms with E-state index in [1.807, 2.05) is 0 Å². The monoisotopic (exact) mass is 284 g/mol. The summed E-state index contributed by atoms with van der Waals surface area (Å²) >= 11 is 0. The first-order valence-corrected chi connectivity index (χ1v) is 6.36. The van der Waals surface area contributed by atoms with Gasteiger partial charge in [-0.05, 0) is 30.3 Å². The fourth-order valence-corrected chi connectivity index (χ4v) is 1.63. The molecule has 0 aliphatic rings. The largest absolute Gasteiger partial charge is 0.465 e. The van der Waals surface area contributed by atoms with Crippen LogP contribution in [0.3, 0.4) is 0 Å². The van der Waals surface area contributed by atoms with Gasteiger partial charge in [0.05, 0.1) is 12.7 Å². The van der Waals surface area contributed by atoms with Crippen molar-refractivity contribution in [3.05, 3.63) is 54.7 Å². The molecular weight excluding hydrogens is 268 g/mol. The Morgan fingerprint density at radius 1 is 1.33 bits per heavy atom. The van der Waals surface area contributed by atoms with Crippen molar-refractivity contribution in [2.75, 3.05) is 24.3 Å². The van der Waals surface area contributed by atoms with E-state index in [0.717, 1.165) is 5.69 Å². The highest BCUT2D eigenvalue weighted by Crippen LogP contribution is 2.16. The molecule has 0 fully saturated rings. The van der Waals surface area contributed by atoms with Gasteiger partial charge in [0.15, 0.2) is 0 Å². The topological polar surface area (TPSA) is 76.1 Å². The van der Waals surface area contributed by atoms with Gasteiger partial charge in [-0.15, -0.1) is 6.58 Å². The summed E-state index contributed by atoms with van der Waals surface area (Å²) in [5.41, 5.74) is 1.31. The molecule has 21 heavy (non-hydrogen) atoms. The van der Waals surface area contributed by atoms with Gasteiger partial charge in [-0.25, -0.2) is 9.78 Å². The molecule has 1 aromatic heterocycles. The minimum Gasteiger partial charge on any atom is -0.465 e. The summed E-state index contributed by atoms with van der Waals surface area (Å²) in [5.74, 6) is 0.813. The standard InChI is InChI=1S/C15H16N4O2/c1-3-9-16-15-17-10-8-13(19-15)18-12-6-4-11(5-7-12)14(20)21-2/h3-8,10H,1,9H2,2H3,(H2,16,17,18,19). The lowest BCUT2D eigenvalue weighted by molar-refractivity contribution is 0.0601. The molecule has 1 heterocycles. The molecule has 0 atom stereocenters. The predicted molar refractivity (Wildman–Crippen MR) is 81.8 cm³/mol. The molecule has 2 rings (SSSR count). The molecule has 2 N–H and O–H groups in total. The molecule has 1 aromatic carbocycles. The first kappa shape index (κ1) is 14.5. The number of benzene rings is 1. The van der Waals surface area contributed by atoms with Gasteiger partial charge in [0.1, 0.15) is 5.82 Å². The van der Waals surface area contributed by atoms with Crippen LogP contribution in [-0.2, 0) is 4.74 Å². The Hall–Kier alpha value is -2.89. The van der Waals surface area contributed by atoms with E-state index in [9.17, 15) is 4.79 Å². The summed E-state index contributed by atoms with van der Waals surface area (Å²) in [5, 5.41) is 6.15. The summed E-state index contributed by atoms with van der Waals surface area (Å²) < 4.78 is 4.65. The molecule has 0 unspecified atom stereocenters. The second-order valence-corrected chi connectivity index (χ2v) is 4.13. The van der Waals surface area contributed by atoms with Crippen LogP contribution in [0.2, 0.25) is 0 Å². The van der Waals surface area contributed by atoms with E-state index in [4.69, 9.17) is 0 Å². The Morgan fingerprint density at radius 2 is 2.10 bits per heavy atom. The summed E-state index contributed by atoms with van der Waals surface area (Å²) in [6.07, 6.45) is 3.39. The quantitative estimate of drug-likeness (QED) is 0.627. The molecule has 2 aromatic rings. The zero-order valence-corrected chi connectivity index (χ0v) is 11.7. The average molecular weight is 284 g/mol. The molecule has 6 nitrogen and oxygen atoms in total. The number of ether oxygens (including phenoxy) is 1. The van der Waals surface area contributed by atoms with Crippen LogP contribution in [0.1, 0.15) is 10.4 Å². The lowest BCUT2D eigenvalue weighted by Gasteiger charge is -2.08. The van der Waals surface area contributed by atoms with Crippen molar-refractivity contribution in [1.29, 1.82) is 0 Å². The number of carbonyl (C=O) groups excluding carboxylic acids is 1. The lowest BCUT2D eigenvalue weighted by Crippen LogP contribution is -2.04. The summed E-state index contributed by atoms with van der Waals surface area (Å²) in [4.78, 5) is 19.8. The van der Waals surface area contributed by atoms with Crippen molar-refractivity contribution in [2.24, 2.45) is 0 Å². The minimum atomic E-state index is -0.362. The first-order chi connectivity index (χ1) is 10.2. The van der Waals surface area contributed by atoms with Gasteiger partial charge in [0, 0.05) is 18.4 Å². The predicted octanol–water partition coefficient (Wildman–Crippen LogP) is 2.60. The zero-order valence-electron chi connectivity index (χ0n) is 11.7. The maximum absolute atomic E-state index is 11.3. The van der Waals surface area contributed by atoms with Gasteiger partial charge in [0.25, 0.3) is 0 Å². The number of nitrogens with zero attached hydrogens (tertiary/aromatic N) is 2. The first-order valence-electron chi connectivity index (χ1n) is 6.36. The van der Waals surface area contributed by atoms with Crippen molar-refractivity contribution in [1.82, 2.24) is 9.97 Å². The van der Waals surface area contributed by atoms with Crippen molar-refractivity contribution < 1.29 is 9.53 Å². The summed E-state index contributed by atoms with van der Waals surface area (Å²) in [6, 6.07) is 8.70. The highest BCUT2D eigenvalue weighted by Gasteiger charge is 2.05. The maximum atomic E-state index is 11.3. The molecule has 0 aliphatic heterocycles. The van der Waals surface area contributed by atoms with E-state index >= 15 is 0 Å². The van der Waals surface area contributed by atoms with Crippen LogP contribution >= 0.6 is 0 Å². The number of carbonyl (C=O) groups is 1. The zero-order chi connectivity index (χ0) is 15.1. The molecule has 0 radical (unpaired) electrons. The highest BCUT2D eigenvalue weighted by molar-refractivity contribution is 5.89. The minimum absolute atomic E-state index is 0.362. The van der Waals surface area contributed by atoms with Crippen molar-refractivity contribution in [3.63, 3.8) is 0 Å².